The van der Waals surface area contributed by atoms with Gasteiger partial charge in [-0.2, -0.15) is 0 Å². The van der Waals surface area contributed by atoms with E-state index in [4.69, 9.17) is 18.9 Å². The van der Waals surface area contributed by atoms with E-state index < -0.39 is 17.6 Å². The Labute approximate surface area is 268 Å². The molecule has 3 rings (SSSR count). The molecule has 8 atom stereocenters. The molecule has 3 heterocycles. The van der Waals surface area contributed by atoms with Gasteiger partial charge in [-0.1, -0.05) is 37.6 Å². The van der Waals surface area contributed by atoms with Gasteiger partial charge in [0.05, 0.1) is 54.6 Å². The summed E-state index contributed by atoms with van der Waals surface area (Å²) in [6, 6.07) is -0.110. The minimum absolute atomic E-state index is 0.0266. The van der Waals surface area contributed by atoms with Crippen LogP contribution < -0.4 is 10.6 Å². The van der Waals surface area contributed by atoms with Crippen molar-refractivity contribution in [2.45, 2.75) is 148 Å². The Hall–Kier alpha value is -2.82. The number of amides is 2. The number of esters is 1. The van der Waals surface area contributed by atoms with Gasteiger partial charge in [-0.05, 0) is 65.9 Å². The van der Waals surface area contributed by atoms with Gasteiger partial charge in [-0.25, -0.2) is 0 Å². The maximum absolute atomic E-state index is 12.8. The molecule has 1 spiro atoms. The highest BCUT2D eigenvalue weighted by Gasteiger charge is 2.51. The van der Waals surface area contributed by atoms with Crippen LogP contribution in [0.5, 0.6) is 0 Å². The van der Waals surface area contributed by atoms with Gasteiger partial charge in [0, 0.05) is 32.3 Å². The zero-order valence-electron chi connectivity index (χ0n) is 28.4. The monoisotopic (exact) mass is 630 g/mol. The van der Waals surface area contributed by atoms with Crippen LogP contribution in [0.3, 0.4) is 0 Å². The van der Waals surface area contributed by atoms with Crippen molar-refractivity contribution in [2.75, 3.05) is 6.61 Å². The Kier molecular flexibility index (Phi) is 13.1. The second-order valence-corrected chi connectivity index (χ2v) is 13.7. The van der Waals surface area contributed by atoms with Crippen LogP contribution >= 0.6 is 0 Å². The summed E-state index contributed by atoms with van der Waals surface area (Å²) in [5.41, 5.74) is -0.0362. The molecule has 3 saturated heterocycles. The van der Waals surface area contributed by atoms with Gasteiger partial charge in [0.2, 0.25) is 11.8 Å². The molecule has 0 aromatic carbocycles. The molecule has 0 aliphatic carbocycles. The number of rotatable bonds is 14. The Bertz CT molecular complexity index is 1150. The smallest absolute Gasteiger partial charge is 0.303 e. The van der Waals surface area contributed by atoms with Gasteiger partial charge in [-0.3, -0.25) is 19.2 Å². The average Bonchev–Trinajstić information content (AvgIpc) is 3.68. The number of carbonyl (C=O) groups excluding carboxylic acids is 4. The Morgan fingerprint density at radius 2 is 1.80 bits per heavy atom. The molecule has 3 fully saturated rings. The van der Waals surface area contributed by atoms with Crippen LogP contribution in [0.15, 0.2) is 36.0 Å². The molecule has 10 nitrogen and oxygen atoms in total. The topological polar surface area (TPSA) is 133 Å². The molecular weight excluding hydrogens is 576 g/mol. The normalized spacial score (nSPS) is 31.2. The molecule has 0 aromatic rings. The van der Waals surface area contributed by atoms with E-state index in [1.807, 2.05) is 26.8 Å². The number of hydrogen-bond acceptors (Lipinski definition) is 8. The van der Waals surface area contributed by atoms with Gasteiger partial charge in [0.15, 0.2) is 5.78 Å². The fourth-order valence-electron chi connectivity index (χ4n) is 6.09. The quantitative estimate of drug-likeness (QED) is 0.123. The summed E-state index contributed by atoms with van der Waals surface area (Å²) in [4.78, 5) is 48.7. The maximum atomic E-state index is 12.8. The first-order chi connectivity index (χ1) is 21.1. The highest BCUT2D eigenvalue weighted by molar-refractivity contribution is 5.92. The largest absolute Gasteiger partial charge is 0.459 e. The van der Waals surface area contributed by atoms with Crippen LogP contribution in [0.25, 0.3) is 0 Å². The lowest BCUT2D eigenvalue weighted by Crippen LogP contribution is -2.51. The molecule has 3 aliphatic heterocycles. The van der Waals surface area contributed by atoms with E-state index in [0.29, 0.717) is 19.4 Å². The highest BCUT2D eigenvalue weighted by atomic mass is 16.6. The van der Waals surface area contributed by atoms with E-state index in [0.717, 1.165) is 31.3 Å². The minimum Gasteiger partial charge on any atom is -0.459 e. The van der Waals surface area contributed by atoms with Crippen molar-refractivity contribution < 1.29 is 38.1 Å². The van der Waals surface area contributed by atoms with E-state index in [1.54, 1.807) is 26.8 Å². The van der Waals surface area contributed by atoms with Crippen LogP contribution in [0.4, 0.5) is 0 Å². The zero-order valence-corrected chi connectivity index (χ0v) is 28.4. The molecule has 0 bridgehead atoms. The molecule has 2 N–H and O–H groups in total. The summed E-state index contributed by atoms with van der Waals surface area (Å²) in [5, 5.41) is 5.91. The Balaban J connectivity index is 1.48. The van der Waals surface area contributed by atoms with Crippen LogP contribution in [0, 0.1) is 5.92 Å². The first-order valence-corrected chi connectivity index (χ1v) is 16.4. The SMILES string of the molecule is CCCC(=O)C(C)(C)NC(=O)C[C@@H]1C[C@@]2(CO2)C[C@@H](/C=C/C(C)=C/C[C@@H]2O[C@H](C)[C@H](NC(=O)/C=C\[C@H](C)OC(C)=O)C[C@@H]2C)O1. The fraction of sp³-hybridized carbons (Fsp3) is 0.714. The molecular formula is C35H54N2O8. The van der Waals surface area contributed by atoms with Crippen molar-refractivity contribution >= 4 is 23.6 Å². The van der Waals surface area contributed by atoms with Gasteiger partial charge >= 0.3 is 5.97 Å². The second kappa shape index (κ2) is 16.1. The summed E-state index contributed by atoms with van der Waals surface area (Å²) in [7, 11) is 0. The number of allylic oxidation sites excluding steroid dienone is 2. The number of hydrogen-bond donors (Lipinski definition) is 2. The molecule has 10 heteroatoms. The molecule has 0 aromatic heterocycles. The molecule has 0 radical (unpaired) electrons. The summed E-state index contributed by atoms with van der Waals surface area (Å²) < 4.78 is 23.4. The number of nitrogens with one attached hydrogen (secondary N) is 2. The summed E-state index contributed by atoms with van der Waals surface area (Å²) >= 11 is 0. The van der Waals surface area contributed by atoms with Crippen LogP contribution in [-0.2, 0) is 38.1 Å². The van der Waals surface area contributed by atoms with Crippen LogP contribution in [0.1, 0.15) is 100 Å². The summed E-state index contributed by atoms with van der Waals surface area (Å²) in [6.45, 7) is 15.3. The van der Waals surface area contributed by atoms with Gasteiger partial charge < -0.3 is 29.6 Å². The van der Waals surface area contributed by atoms with E-state index in [-0.39, 0.29) is 66.0 Å². The average molecular weight is 631 g/mol. The highest BCUT2D eigenvalue weighted by Crippen LogP contribution is 2.43. The van der Waals surface area contributed by atoms with Gasteiger partial charge in [0.1, 0.15) is 6.10 Å². The van der Waals surface area contributed by atoms with Crippen molar-refractivity contribution in [3.8, 4) is 0 Å². The van der Waals surface area contributed by atoms with Crippen LogP contribution in [-0.4, -0.2) is 77.9 Å². The maximum Gasteiger partial charge on any atom is 0.303 e. The third-order valence-corrected chi connectivity index (χ3v) is 8.79. The first kappa shape index (κ1) is 36.6. The Morgan fingerprint density at radius 1 is 1.09 bits per heavy atom. The molecule has 45 heavy (non-hydrogen) atoms. The van der Waals surface area contributed by atoms with Gasteiger partial charge in [0.25, 0.3) is 0 Å². The van der Waals surface area contributed by atoms with Crippen LogP contribution in [0.2, 0.25) is 0 Å². The fourth-order valence-corrected chi connectivity index (χ4v) is 6.09. The third kappa shape index (κ3) is 11.8. The molecule has 0 saturated carbocycles. The Morgan fingerprint density at radius 3 is 2.44 bits per heavy atom. The molecule has 3 aliphatic rings. The molecule has 252 valence electrons. The molecule has 0 unspecified atom stereocenters. The number of carbonyl (C=O) groups is 4. The van der Waals surface area contributed by atoms with Crippen molar-refractivity contribution in [1.82, 2.24) is 10.6 Å². The minimum atomic E-state index is -0.896. The standard InChI is InChI=1S/C35H54N2O8/c1-9-10-31(39)34(7,8)37-33(41)18-28-20-35(21-42-35)19-27(45-28)14-11-22(2)12-15-30-23(3)17-29(25(5)44-30)36-32(40)16-13-24(4)43-26(6)38/h11-14,16,23-25,27-30H,9-10,15,17-21H2,1-8H3,(H,36,40)(H,37,41)/b14-11+,16-13-,22-12+/t23-,24-,25+,27+,28+,29+,30-,35+/m0/s1. The summed E-state index contributed by atoms with van der Waals surface area (Å²) in [6.07, 6.45) is 12.5. The zero-order chi connectivity index (χ0) is 33.4. The number of ketones is 1. The van der Waals surface area contributed by atoms with E-state index in [2.05, 4.69) is 29.7 Å². The first-order valence-electron chi connectivity index (χ1n) is 16.4. The molecule has 2 amide bonds. The summed E-state index contributed by atoms with van der Waals surface area (Å²) in [5.74, 6) is -0.547. The second-order valence-electron chi connectivity index (χ2n) is 13.7. The number of ether oxygens (including phenoxy) is 4. The number of epoxide rings is 1. The van der Waals surface area contributed by atoms with Crippen molar-refractivity contribution in [3.63, 3.8) is 0 Å². The third-order valence-electron chi connectivity index (χ3n) is 8.79. The number of Topliss-reactive ketones (excluding diaryl/α,β-unsaturated/α-hetero) is 1. The lowest BCUT2D eigenvalue weighted by molar-refractivity contribution is -0.143. The van der Waals surface area contributed by atoms with E-state index in [9.17, 15) is 19.2 Å². The lowest BCUT2D eigenvalue weighted by Gasteiger charge is -2.39. The predicted molar refractivity (Wildman–Crippen MR) is 171 cm³/mol. The van der Waals surface area contributed by atoms with E-state index >= 15 is 0 Å². The lowest BCUT2D eigenvalue weighted by atomic mass is 9.88. The van der Waals surface area contributed by atoms with Crippen molar-refractivity contribution in [2.24, 2.45) is 5.92 Å². The van der Waals surface area contributed by atoms with E-state index in [1.165, 1.54) is 13.0 Å². The van der Waals surface area contributed by atoms with Crippen molar-refractivity contribution in [3.05, 3.63) is 36.0 Å². The predicted octanol–water partition coefficient (Wildman–Crippen LogP) is 4.66. The van der Waals surface area contributed by atoms with Crippen molar-refractivity contribution in [1.29, 1.82) is 0 Å². The van der Waals surface area contributed by atoms with Gasteiger partial charge in [-0.15, -0.1) is 0 Å².